The molecule has 1 aliphatic rings. The van der Waals surface area contributed by atoms with E-state index in [1.165, 1.54) is 5.56 Å². The molecule has 2 atom stereocenters. The third-order valence-electron chi connectivity index (χ3n) is 4.28. The monoisotopic (exact) mass is 295 g/mol. The molecule has 0 aromatic carbocycles. The van der Waals surface area contributed by atoms with Crippen molar-refractivity contribution in [2.24, 2.45) is 5.41 Å². The van der Waals surface area contributed by atoms with Gasteiger partial charge in [0.2, 0.25) is 0 Å². The smallest absolute Gasteiger partial charge is 0.0634 e. The first-order chi connectivity index (χ1) is 9.41. The Kier molecular flexibility index (Phi) is 5.05. The van der Waals surface area contributed by atoms with E-state index >= 15 is 0 Å². The summed E-state index contributed by atoms with van der Waals surface area (Å²) in [5.74, 6) is 0. The summed E-state index contributed by atoms with van der Waals surface area (Å²) < 4.78 is 0. The number of halogens is 1. The maximum atomic E-state index is 6.26. The molecule has 1 fully saturated rings. The van der Waals surface area contributed by atoms with E-state index in [9.17, 15) is 0 Å². The highest BCUT2D eigenvalue weighted by Crippen LogP contribution is 2.26. The minimum atomic E-state index is 0.277. The Labute approximate surface area is 127 Å². The van der Waals surface area contributed by atoms with Crippen molar-refractivity contribution in [3.05, 3.63) is 29.0 Å². The van der Waals surface area contributed by atoms with Gasteiger partial charge in [0.25, 0.3) is 0 Å². The fourth-order valence-corrected chi connectivity index (χ4v) is 2.96. The van der Waals surface area contributed by atoms with Gasteiger partial charge in [-0.25, -0.2) is 0 Å². The molecule has 0 radical (unpaired) electrons. The van der Waals surface area contributed by atoms with Gasteiger partial charge in [-0.3, -0.25) is 9.88 Å². The molecule has 1 aliphatic heterocycles. The highest BCUT2D eigenvalue weighted by Gasteiger charge is 2.33. The molecule has 2 rings (SSSR count). The molecule has 2 heterocycles. The maximum absolute atomic E-state index is 6.26. The van der Waals surface area contributed by atoms with E-state index in [0.29, 0.717) is 12.1 Å². The van der Waals surface area contributed by atoms with Crippen molar-refractivity contribution in [1.29, 1.82) is 0 Å². The van der Waals surface area contributed by atoms with Crippen LogP contribution in [0, 0.1) is 5.41 Å². The molecule has 1 aromatic heterocycles. The van der Waals surface area contributed by atoms with E-state index < -0.39 is 0 Å². The lowest BCUT2D eigenvalue weighted by atomic mass is 9.84. The van der Waals surface area contributed by atoms with Crippen LogP contribution in [0.3, 0.4) is 0 Å². The first kappa shape index (κ1) is 15.7. The van der Waals surface area contributed by atoms with Gasteiger partial charge in [-0.2, -0.15) is 0 Å². The number of hydrogen-bond acceptors (Lipinski definition) is 3. The lowest BCUT2D eigenvalue weighted by molar-refractivity contribution is 0.0775. The topological polar surface area (TPSA) is 28.2 Å². The number of aromatic nitrogens is 1. The average Bonchev–Trinajstić information content (AvgIpc) is 2.40. The highest BCUT2D eigenvalue weighted by molar-refractivity contribution is 6.31. The van der Waals surface area contributed by atoms with Gasteiger partial charge in [0.05, 0.1) is 5.02 Å². The Hall–Kier alpha value is -0.640. The summed E-state index contributed by atoms with van der Waals surface area (Å²) in [7, 11) is 0. The minimum Gasteiger partial charge on any atom is -0.311 e. The molecule has 0 aliphatic carbocycles. The van der Waals surface area contributed by atoms with E-state index in [0.717, 1.165) is 31.1 Å². The Balaban J connectivity index is 2.12. The third-order valence-corrected chi connectivity index (χ3v) is 4.62. The Morgan fingerprint density at radius 3 is 2.80 bits per heavy atom. The average molecular weight is 296 g/mol. The molecule has 0 amide bonds. The lowest BCUT2D eigenvalue weighted by Gasteiger charge is -2.45. The van der Waals surface area contributed by atoms with Crippen molar-refractivity contribution < 1.29 is 0 Å². The highest BCUT2D eigenvalue weighted by atomic mass is 35.5. The first-order valence-electron chi connectivity index (χ1n) is 7.47. The van der Waals surface area contributed by atoms with E-state index in [-0.39, 0.29) is 5.41 Å². The van der Waals surface area contributed by atoms with Crippen LogP contribution in [0.15, 0.2) is 18.5 Å². The normalized spacial score (nSPS) is 24.9. The molecule has 20 heavy (non-hydrogen) atoms. The summed E-state index contributed by atoms with van der Waals surface area (Å²) in [6.07, 6.45) is 4.72. The van der Waals surface area contributed by atoms with Gasteiger partial charge in [-0.05, 0) is 23.5 Å². The van der Waals surface area contributed by atoms with Crippen LogP contribution in [0.5, 0.6) is 0 Å². The fraction of sp³-hybridized carbons (Fsp3) is 0.688. The van der Waals surface area contributed by atoms with Crippen LogP contribution in [-0.2, 0) is 6.54 Å². The SMILES string of the molecule is CCC1CNC(C(C)(C)C)CN1Cc1ccncc1Cl. The second-order valence-electron chi connectivity index (χ2n) is 6.79. The second kappa shape index (κ2) is 6.42. The summed E-state index contributed by atoms with van der Waals surface area (Å²) in [5.41, 5.74) is 1.45. The molecular weight excluding hydrogens is 270 g/mol. The zero-order valence-electron chi connectivity index (χ0n) is 13.0. The van der Waals surface area contributed by atoms with Crippen LogP contribution < -0.4 is 5.32 Å². The number of pyridine rings is 1. The van der Waals surface area contributed by atoms with E-state index in [1.807, 2.05) is 12.3 Å². The van der Waals surface area contributed by atoms with Gasteiger partial charge in [0.15, 0.2) is 0 Å². The predicted molar refractivity (Wildman–Crippen MR) is 85.0 cm³/mol. The van der Waals surface area contributed by atoms with Crippen LogP contribution in [0.2, 0.25) is 5.02 Å². The summed E-state index contributed by atoms with van der Waals surface area (Å²) in [4.78, 5) is 6.63. The zero-order chi connectivity index (χ0) is 14.8. The first-order valence-corrected chi connectivity index (χ1v) is 7.85. The number of nitrogens with one attached hydrogen (secondary N) is 1. The number of nitrogens with zero attached hydrogens (tertiary/aromatic N) is 2. The van der Waals surface area contributed by atoms with Crippen molar-refractivity contribution in [2.75, 3.05) is 13.1 Å². The third kappa shape index (κ3) is 3.72. The molecule has 0 bridgehead atoms. The van der Waals surface area contributed by atoms with Crippen LogP contribution in [0.1, 0.15) is 39.7 Å². The van der Waals surface area contributed by atoms with Crippen molar-refractivity contribution in [1.82, 2.24) is 15.2 Å². The second-order valence-corrected chi connectivity index (χ2v) is 7.19. The van der Waals surface area contributed by atoms with Gasteiger partial charge in [-0.15, -0.1) is 0 Å². The van der Waals surface area contributed by atoms with Crippen molar-refractivity contribution >= 4 is 11.6 Å². The molecule has 2 unspecified atom stereocenters. The minimum absolute atomic E-state index is 0.277. The molecule has 3 nitrogen and oxygen atoms in total. The predicted octanol–water partition coefficient (Wildman–Crippen LogP) is 3.33. The maximum Gasteiger partial charge on any atom is 0.0634 e. The van der Waals surface area contributed by atoms with Gasteiger partial charge in [0, 0.05) is 44.1 Å². The Morgan fingerprint density at radius 2 is 2.20 bits per heavy atom. The molecule has 0 spiro atoms. The van der Waals surface area contributed by atoms with Crippen LogP contribution >= 0.6 is 11.6 Å². The van der Waals surface area contributed by atoms with E-state index in [4.69, 9.17) is 11.6 Å². The van der Waals surface area contributed by atoms with Crippen molar-refractivity contribution in [3.8, 4) is 0 Å². The quantitative estimate of drug-likeness (QED) is 0.927. The molecule has 4 heteroatoms. The number of hydrogen-bond donors (Lipinski definition) is 1. The van der Waals surface area contributed by atoms with Gasteiger partial charge >= 0.3 is 0 Å². The fourth-order valence-electron chi connectivity index (χ4n) is 2.78. The van der Waals surface area contributed by atoms with Gasteiger partial charge in [0.1, 0.15) is 0 Å². The largest absolute Gasteiger partial charge is 0.311 e. The molecule has 1 N–H and O–H groups in total. The standard InChI is InChI=1S/C16H26ClN3/c1-5-13-8-19-15(16(2,3)4)11-20(13)10-12-6-7-18-9-14(12)17/h6-7,9,13,15,19H,5,8,10-11H2,1-4H3. The number of piperazine rings is 1. The molecular formula is C16H26ClN3. The summed E-state index contributed by atoms with van der Waals surface area (Å²) in [5, 5.41) is 4.47. The van der Waals surface area contributed by atoms with Crippen molar-refractivity contribution in [3.63, 3.8) is 0 Å². The number of rotatable bonds is 3. The molecule has 112 valence electrons. The molecule has 1 saturated heterocycles. The van der Waals surface area contributed by atoms with Crippen LogP contribution in [0.4, 0.5) is 0 Å². The zero-order valence-corrected chi connectivity index (χ0v) is 13.7. The van der Waals surface area contributed by atoms with Crippen LogP contribution in [0.25, 0.3) is 0 Å². The summed E-state index contributed by atoms with van der Waals surface area (Å²) in [6.45, 7) is 12.2. The van der Waals surface area contributed by atoms with E-state index in [2.05, 4.69) is 42.9 Å². The summed E-state index contributed by atoms with van der Waals surface area (Å²) in [6, 6.07) is 3.13. The molecule has 1 aromatic rings. The van der Waals surface area contributed by atoms with Crippen LogP contribution in [-0.4, -0.2) is 35.1 Å². The van der Waals surface area contributed by atoms with Crippen molar-refractivity contribution in [2.45, 2.75) is 52.7 Å². The lowest BCUT2D eigenvalue weighted by Crippen LogP contribution is -2.59. The summed E-state index contributed by atoms with van der Waals surface area (Å²) >= 11 is 6.26. The Bertz CT molecular complexity index is 442. The van der Waals surface area contributed by atoms with Gasteiger partial charge in [-0.1, -0.05) is 39.3 Å². The molecule has 0 saturated carbocycles. The van der Waals surface area contributed by atoms with E-state index in [1.54, 1.807) is 6.20 Å². The Morgan fingerprint density at radius 1 is 1.45 bits per heavy atom. The van der Waals surface area contributed by atoms with Gasteiger partial charge < -0.3 is 5.32 Å².